The number of hydrogen-bond acceptors (Lipinski definition) is 0. The summed E-state index contributed by atoms with van der Waals surface area (Å²) < 4.78 is 2.22. The molecule has 0 bridgehead atoms. The molecule has 2 atom stereocenters. The van der Waals surface area contributed by atoms with E-state index in [-0.39, 0.29) is 0 Å². The molecule has 1 nitrogen and oxygen atoms in total. The van der Waals surface area contributed by atoms with Crippen LogP contribution < -0.4 is 10.7 Å². The second kappa shape index (κ2) is 5.93. The summed E-state index contributed by atoms with van der Waals surface area (Å²) in [7, 11) is 0. The van der Waals surface area contributed by atoms with Crippen LogP contribution in [0.1, 0.15) is 40.0 Å². The summed E-state index contributed by atoms with van der Waals surface area (Å²) in [6.45, 7) is 16.1. The Labute approximate surface area is 99.5 Å². The van der Waals surface area contributed by atoms with Crippen molar-refractivity contribution >= 4 is 13.2 Å². The fourth-order valence-electron chi connectivity index (χ4n) is 2.16. The highest BCUT2D eigenvalue weighted by atomic mass is 14.9. The van der Waals surface area contributed by atoms with Crippen LogP contribution in [-0.2, 0) is 6.54 Å². The Morgan fingerprint density at radius 1 is 1.12 bits per heavy atom. The van der Waals surface area contributed by atoms with Crippen LogP contribution in [0.5, 0.6) is 0 Å². The number of rotatable bonds is 6. The summed E-state index contributed by atoms with van der Waals surface area (Å²) in [6.07, 6.45) is 3.84. The summed E-state index contributed by atoms with van der Waals surface area (Å²) in [5, 5.41) is 2.17. The van der Waals surface area contributed by atoms with Crippen molar-refractivity contribution in [1.82, 2.24) is 4.57 Å². The van der Waals surface area contributed by atoms with E-state index in [2.05, 4.69) is 38.5 Å². The summed E-state index contributed by atoms with van der Waals surface area (Å²) >= 11 is 0. The first-order valence-electron chi connectivity index (χ1n) is 6.38. The van der Waals surface area contributed by atoms with E-state index >= 15 is 0 Å². The molecule has 0 aliphatic carbocycles. The molecule has 0 aliphatic rings. The van der Waals surface area contributed by atoms with Crippen LogP contribution in [0.4, 0.5) is 0 Å². The van der Waals surface area contributed by atoms with Crippen molar-refractivity contribution in [3.05, 3.63) is 22.8 Å². The fourth-order valence-corrected chi connectivity index (χ4v) is 2.16. The molecule has 2 unspecified atom stereocenters. The van der Waals surface area contributed by atoms with Crippen LogP contribution in [0.25, 0.3) is 13.2 Å². The van der Waals surface area contributed by atoms with Crippen molar-refractivity contribution in [1.29, 1.82) is 0 Å². The minimum absolute atomic E-state index is 0.788. The topological polar surface area (TPSA) is 4.93 Å². The van der Waals surface area contributed by atoms with Crippen molar-refractivity contribution in [3.8, 4) is 0 Å². The molecular weight excluding hydrogens is 194 g/mol. The third-order valence-electron chi connectivity index (χ3n) is 3.51. The summed E-state index contributed by atoms with van der Waals surface area (Å²) in [6, 6.07) is 4.09. The first kappa shape index (κ1) is 13.1. The molecule has 0 amide bonds. The van der Waals surface area contributed by atoms with Gasteiger partial charge in [-0.25, -0.2) is 0 Å². The molecule has 0 N–H and O–H groups in total. The maximum Gasteiger partial charge on any atom is 0.0338 e. The SMILES string of the molecule is C=c1ccc(=C)n1CCC(C)CC(C)CC. The number of hydrogen-bond donors (Lipinski definition) is 0. The van der Waals surface area contributed by atoms with Gasteiger partial charge in [0.25, 0.3) is 0 Å². The van der Waals surface area contributed by atoms with Gasteiger partial charge >= 0.3 is 0 Å². The molecule has 0 fully saturated rings. The Bertz CT molecular complexity index is 374. The van der Waals surface area contributed by atoms with Crippen LogP contribution in [-0.4, -0.2) is 4.57 Å². The minimum Gasteiger partial charge on any atom is -0.342 e. The minimum atomic E-state index is 0.788. The zero-order valence-electron chi connectivity index (χ0n) is 11.0. The third kappa shape index (κ3) is 3.55. The van der Waals surface area contributed by atoms with Gasteiger partial charge in [-0.2, -0.15) is 0 Å². The second-order valence-electron chi connectivity index (χ2n) is 5.11. The molecule has 0 radical (unpaired) electrons. The molecule has 1 aromatic rings. The van der Waals surface area contributed by atoms with Gasteiger partial charge in [-0.15, -0.1) is 0 Å². The average molecular weight is 219 g/mol. The Morgan fingerprint density at radius 3 is 2.19 bits per heavy atom. The van der Waals surface area contributed by atoms with Crippen molar-refractivity contribution in [2.45, 2.75) is 46.6 Å². The van der Waals surface area contributed by atoms with E-state index < -0.39 is 0 Å². The molecule has 16 heavy (non-hydrogen) atoms. The van der Waals surface area contributed by atoms with E-state index in [1.165, 1.54) is 19.3 Å². The molecule has 0 saturated heterocycles. The number of nitrogens with zero attached hydrogens (tertiary/aromatic N) is 1. The van der Waals surface area contributed by atoms with E-state index in [0.717, 1.165) is 29.1 Å². The van der Waals surface area contributed by atoms with E-state index in [1.807, 2.05) is 12.1 Å². The molecular formula is C15H25N. The van der Waals surface area contributed by atoms with Crippen molar-refractivity contribution in [2.24, 2.45) is 11.8 Å². The van der Waals surface area contributed by atoms with Crippen molar-refractivity contribution < 1.29 is 0 Å². The van der Waals surface area contributed by atoms with Gasteiger partial charge < -0.3 is 4.57 Å². The van der Waals surface area contributed by atoms with Crippen LogP contribution in [0.3, 0.4) is 0 Å². The molecule has 1 heteroatoms. The van der Waals surface area contributed by atoms with Crippen molar-refractivity contribution in [2.75, 3.05) is 0 Å². The summed E-state index contributed by atoms with van der Waals surface area (Å²) in [5.41, 5.74) is 0. The summed E-state index contributed by atoms with van der Waals surface area (Å²) in [5.74, 6) is 1.63. The first-order chi connectivity index (χ1) is 7.54. The molecule has 0 saturated carbocycles. The predicted molar refractivity (Wildman–Crippen MR) is 72.6 cm³/mol. The first-order valence-corrected chi connectivity index (χ1v) is 6.38. The predicted octanol–water partition coefficient (Wildman–Crippen LogP) is 2.77. The standard InChI is InChI=1S/C15H25N/c1-6-12(2)11-13(3)9-10-16-14(4)7-8-15(16)5/h7-8,12-13H,4-6,9-11H2,1-3H3. The Balaban J connectivity index is 2.46. The molecule has 1 aromatic heterocycles. The van der Waals surface area contributed by atoms with E-state index in [4.69, 9.17) is 0 Å². The van der Waals surface area contributed by atoms with Crippen LogP contribution in [0.2, 0.25) is 0 Å². The van der Waals surface area contributed by atoms with E-state index in [9.17, 15) is 0 Å². The van der Waals surface area contributed by atoms with Crippen LogP contribution >= 0.6 is 0 Å². The molecule has 90 valence electrons. The van der Waals surface area contributed by atoms with Gasteiger partial charge in [0.1, 0.15) is 0 Å². The molecule has 0 aromatic carbocycles. The highest BCUT2D eigenvalue weighted by Crippen LogP contribution is 2.17. The zero-order valence-corrected chi connectivity index (χ0v) is 11.0. The molecule has 0 spiro atoms. The monoisotopic (exact) mass is 219 g/mol. The van der Waals surface area contributed by atoms with Crippen LogP contribution in [0.15, 0.2) is 12.1 Å². The smallest absolute Gasteiger partial charge is 0.0338 e. The fraction of sp³-hybridized carbons (Fsp3) is 0.600. The molecule has 0 aliphatic heterocycles. The van der Waals surface area contributed by atoms with Gasteiger partial charge in [0, 0.05) is 17.2 Å². The highest BCUT2D eigenvalue weighted by molar-refractivity contribution is 5.08. The van der Waals surface area contributed by atoms with E-state index in [1.54, 1.807) is 0 Å². The van der Waals surface area contributed by atoms with Gasteiger partial charge in [-0.05, 0) is 36.8 Å². The second-order valence-corrected chi connectivity index (χ2v) is 5.11. The quantitative estimate of drug-likeness (QED) is 0.693. The lowest BCUT2D eigenvalue weighted by atomic mass is 9.93. The Hall–Kier alpha value is -0.980. The van der Waals surface area contributed by atoms with Gasteiger partial charge in [-0.1, -0.05) is 40.3 Å². The van der Waals surface area contributed by atoms with Crippen LogP contribution in [0, 0.1) is 11.8 Å². The lowest BCUT2D eigenvalue weighted by molar-refractivity contribution is 0.368. The lowest BCUT2D eigenvalue weighted by Gasteiger charge is -2.16. The summed E-state index contributed by atoms with van der Waals surface area (Å²) in [4.78, 5) is 0. The average Bonchev–Trinajstić information content (AvgIpc) is 2.56. The normalized spacial score (nSPS) is 14.9. The van der Waals surface area contributed by atoms with E-state index in [0.29, 0.717) is 0 Å². The van der Waals surface area contributed by atoms with Gasteiger partial charge in [0.2, 0.25) is 0 Å². The van der Waals surface area contributed by atoms with Crippen molar-refractivity contribution in [3.63, 3.8) is 0 Å². The largest absolute Gasteiger partial charge is 0.342 e. The highest BCUT2D eigenvalue weighted by Gasteiger charge is 2.07. The maximum atomic E-state index is 4.02. The lowest BCUT2D eigenvalue weighted by Crippen LogP contribution is -2.25. The van der Waals surface area contributed by atoms with Gasteiger partial charge in [0.05, 0.1) is 0 Å². The Kier molecular flexibility index (Phi) is 4.85. The molecule has 1 rings (SSSR count). The third-order valence-corrected chi connectivity index (χ3v) is 3.51. The maximum absolute atomic E-state index is 4.02. The number of aromatic nitrogens is 1. The molecule has 1 heterocycles. The van der Waals surface area contributed by atoms with Gasteiger partial charge in [0.15, 0.2) is 0 Å². The zero-order chi connectivity index (χ0) is 12.1. The van der Waals surface area contributed by atoms with Gasteiger partial charge in [-0.3, -0.25) is 0 Å². The Morgan fingerprint density at radius 2 is 1.69 bits per heavy atom.